The largest absolute Gasteiger partial charge is 0.279 e. The molecule has 0 saturated carbocycles. The van der Waals surface area contributed by atoms with Gasteiger partial charge in [-0.25, -0.2) is 21.1 Å². The molecule has 0 aliphatic carbocycles. The number of aryl methyl sites for hydroxylation is 1. The van der Waals surface area contributed by atoms with E-state index in [4.69, 9.17) is 0 Å². The maximum absolute atomic E-state index is 12.4. The lowest BCUT2D eigenvalue weighted by Gasteiger charge is -2.15. The molecule has 23 heavy (non-hydrogen) atoms. The van der Waals surface area contributed by atoms with E-state index >= 15 is 0 Å². The highest BCUT2D eigenvalue weighted by Crippen LogP contribution is 2.24. The number of sulfonamides is 2. The van der Waals surface area contributed by atoms with Crippen LogP contribution in [-0.2, 0) is 20.0 Å². The van der Waals surface area contributed by atoms with Gasteiger partial charge in [-0.2, -0.15) is 0 Å². The first-order valence-electron chi connectivity index (χ1n) is 6.75. The lowest BCUT2D eigenvalue weighted by atomic mass is 10.2. The third kappa shape index (κ3) is 3.72. The molecule has 1 N–H and O–H groups in total. The Hall–Kier alpha value is -1.90. The molecular weight excluding hydrogens is 336 g/mol. The van der Waals surface area contributed by atoms with Crippen molar-refractivity contribution in [3.63, 3.8) is 0 Å². The number of anilines is 1. The van der Waals surface area contributed by atoms with E-state index in [1.54, 1.807) is 31.2 Å². The van der Waals surface area contributed by atoms with Gasteiger partial charge in [-0.15, -0.1) is 0 Å². The number of hydrogen-bond donors (Lipinski definition) is 1. The highest BCUT2D eigenvalue weighted by Gasteiger charge is 2.20. The van der Waals surface area contributed by atoms with E-state index in [0.29, 0.717) is 5.56 Å². The van der Waals surface area contributed by atoms with Crippen LogP contribution in [-0.4, -0.2) is 35.2 Å². The molecule has 0 radical (unpaired) electrons. The molecule has 0 atom stereocenters. The number of hydrogen-bond acceptors (Lipinski definition) is 4. The minimum absolute atomic E-state index is 0.0267. The van der Waals surface area contributed by atoms with Gasteiger partial charge in [0.1, 0.15) is 0 Å². The third-order valence-corrected chi connectivity index (χ3v) is 6.48. The molecule has 0 spiro atoms. The first-order valence-corrected chi connectivity index (χ1v) is 9.68. The maximum Gasteiger partial charge on any atom is 0.261 e. The second kappa shape index (κ2) is 6.31. The molecule has 6 nitrogen and oxygen atoms in total. The Labute approximate surface area is 136 Å². The van der Waals surface area contributed by atoms with Crippen LogP contribution in [0.5, 0.6) is 0 Å². The minimum atomic E-state index is -3.78. The van der Waals surface area contributed by atoms with Crippen LogP contribution in [0, 0.1) is 6.92 Å². The van der Waals surface area contributed by atoms with Crippen molar-refractivity contribution in [2.24, 2.45) is 0 Å². The summed E-state index contributed by atoms with van der Waals surface area (Å²) in [6.07, 6.45) is 0. The van der Waals surface area contributed by atoms with Crippen molar-refractivity contribution in [3.8, 4) is 0 Å². The number of nitrogens with one attached hydrogen (secondary N) is 1. The quantitative estimate of drug-likeness (QED) is 0.891. The number of nitrogens with zero attached hydrogens (tertiary/aromatic N) is 1. The highest BCUT2D eigenvalue weighted by molar-refractivity contribution is 7.92. The van der Waals surface area contributed by atoms with Crippen molar-refractivity contribution in [2.45, 2.75) is 16.7 Å². The second-order valence-electron chi connectivity index (χ2n) is 5.18. The molecule has 8 heteroatoms. The molecule has 0 aromatic heterocycles. The molecule has 0 unspecified atom stereocenters. The molecule has 0 bridgehead atoms. The SMILES string of the molecule is Cc1ccc(S(=O)(=O)N(C)C)cc1NS(=O)(=O)c1ccccc1. The fourth-order valence-corrected chi connectivity index (χ4v) is 3.96. The molecule has 2 aromatic rings. The van der Waals surface area contributed by atoms with Crippen LogP contribution in [0.2, 0.25) is 0 Å². The molecule has 0 amide bonds. The van der Waals surface area contributed by atoms with Crippen molar-refractivity contribution in [1.82, 2.24) is 4.31 Å². The molecule has 0 fully saturated rings. The van der Waals surface area contributed by atoms with Crippen LogP contribution in [0.4, 0.5) is 5.69 Å². The van der Waals surface area contributed by atoms with Gasteiger partial charge in [-0.05, 0) is 36.8 Å². The van der Waals surface area contributed by atoms with Crippen LogP contribution in [0.3, 0.4) is 0 Å². The lowest BCUT2D eigenvalue weighted by molar-refractivity contribution is 0.520. The zero-order valence-corrected chi connectivity index (χ0v) is 14.6. The first-order chi connectivity index (χ1) is 10.6. The Morgan fingerprint density at radius 3 is 2.04 bits per heavy atom. The Balaban J connectivity index is 2.45. The van der Waals surface area contributed by atoms with Gasteiger partial charge in [-0.3, -0.25) is 4.72 Å². The van der Waals surface area contributed by atoms with Gasteiger partial charge in [0, 0.05) is 14.1 Å². The average Bonchev–Trinajstić information content (AvgIpc) is 2.50. The van der Waals surface area contributed by atoms with Gasteiger partial charge < -0.3 is 0 Å². The fourth-order valence-electron chi connectivity index (χ4n) is 1.89. The van der Waals surface area contributed by atoms with E-state index in [9.17, 15) is 16.8 Å². The van der Waals surface area contributed by atoms with E-state index in [2.05, 4.69) is 4.72 Å². The minimum Gasteiger partial charge on any atom is -0.279 e. The molecule has 0 aliphatic heterocycles. The molecule has 0 heterocycles. The average molecular weight is 354 g/mol. The van der Waals surface area contributed by atoms with E-state index < -0.39 is 20.0 Å². The van der Waals surface area contributed by atoms with Crippen LogP contribution in [0.15, 0.2) is 58.3 Å². The van der Waals surface area contributed by atoms with E-state index in [1.165, 1.54) is 38.4 Å². The molecule has 2 rings (SSSR count). The Morgan fingerprint density at radius 1 is 0.870 bits per heavy atom. The summed E-state index contributed by atoms with van der Waals surface area (Å²) in [5.74, 6) is 0. The summed E-state index contributed by atoms with van der Waals surface area (Å²) in [4.78, 5) is 0.138. The maximum atomic E-state index is 12.4. The van der Waals surface area contributed by atoms with Crippen molar-refractivity contribution in [3.05, 3.63) is 54.1 Å². The summed E-state index contributed by atoms with van der Waals surface area (Å²) in [6, 6.07) is 12.2. The van der Waals surface area contributed by atoms with Crippen molar-refractivity contribution in [1.29, 1.82) is 0 Å². The van der Waals surface area contributed by atoms with Gasteiger partial charge in [0.2, 0.25) is 10.0 Å². The molecule has 2 aromatic carbocycles. The third-order valence-electron chi connectivity index (χ3n) is 3.29. The van der Waals surface area contributed by atoms with Crippen molar-refractivity contribution < 1.29 is 16.8 Å². The monoisotopic (exact) mass is 354 g/mol. The van der Waals surface area contributed by atoms with Gasteiger partial charge in [-0.1, -0.05) is 24.3 Å². The summed E-state index contributed by atoms with van der Waals surface area (Å²) in [7, 11) is -4.58. The van der Waals surface area contributed by atoms with Crippen LogP contribution in [0.25, 0.3) is 0 Å². The zero-order chi connectivity index (χ0) is 17.3. The first kappa shape index (κ1) is 17.5. The number of rotatable bonds is 5. The van der Waals surface area contributed by atoms with Gasteiger partial charge >= 0.3 is 0 Å². The van der Waals surface area contributed by atoms with Gasteiger partial charge in [0.05, 0.1) is 15.5 Å². The molecular formula is C15H18N2O4S2. The fraction of sp³-hybridized carbons (Fsp3) is 0.200. The lowest BCUT2D eigenvalue weighted by Crippen LogP contribution is -2.22. The Kier molecular flexibility index (Phi) is 4.79. The van der Waals surface area contributed by atoms with Crippen molar-refractivity contribution in [2.75, 3.05) is 18.8 Å². The smallest absolute Gasteiger partial charge is 0.261 e. The topological polar surface area (TPSA) is 83.6 Å². The predicted octanol–water partition coefficient (Wildman–Crippen LogP) is 2.05. The Bertz CT molecular complexity index is 906. The molecule has 0 saturated heterocycles. The van der Waals surface area contributed by atoms with Crippen LogP contribution >= 0.6 is 0 Å². The second-order valence-corrected chi connectivity index (χ2v) is 9.02. The predicted molar refractivity (Wildman–Crippen MR) is 89.3 cm³/mol. The van der Waals surface area contributed by atoms with Crippen LogP contribution < -0.4 is 4.72 Å². The highest BCUT2D eigenvalue weighted by atomic mass is 32.2. The Morgan fingerprint density at radius 2 is 1.48 bits per heavy atom. The summed E-state index contributed by atoms with van der Waals surface area (Å²) in [6.45, 7) is 1.70. The summed E-state index contributed by atoms with van der Waals surface area (Å²) >= 11 is 0. The van der Waals surface area contributed by atoms with E-state index in [-0.39, 0.29) is 15.5 Å². The van der Waals surface area contributed by atoms with E-state index in [0.717, 1.165) is 4.31 Å². The summed E-state index contributed by atoms with van der Waals surface area (Å²) < 4.78 is 52.6. The molecule has 0 aliphatic rings. The van der Waals surface area contributed by atoms with Crippen LogP contribution in [0.1, 0.15) is 5.56 Å². The van der Waals surface area contributed by atoms with Crippen molar-refractivity contribution >= 4 is 25.7 Å². The standard InChI is InChI=1S/C15H18N2O4S2/c1-12-9-10-14(23(20,21)17(2)3)11-15(12)16-22(18,19)13-7-5-4-6-8-13/h4-11,16H,1-3H3. The van der Waals surface area contributed by atoms with E-state index in [1.807, 2.05) is 0 Å². The zero-order valence-electron chi connectivity index (χ0n) is 13.0. The summed E-state index contributed by atoms with van der Waals surface area (Å²) in [5, 5.41) is 0. The normalized spacial score (nSPS) is 12.3. The molecule has 124 valence electrons. The van der Waals surface area contributed by atoms with Gasteiger partial charge in [0.15, 0.2) is 0 Å². The number of benzene rings is 2. The summed E-state index contributed by atoms with van der Waals surface area (Å²) in [5.41, 5.74) is 0.860. The van der Waals surface area contributed by atoms with Gasteiger partial charge in [0.25, 0.3) is 10.0 Å².